The molecule has 0 atom stereocenters. The molecule has 2 N–H and O–H groups in total. The van der Waals surface area contributed by atoms with Crippen LogP contribution in [-0.2, 0) is 12.8 Å². The molecule has 0 aliphatic heterocycles. The first-order valence-corrected chi connectivity index (χ1v) is 14.2. The van der Waals surface area contributed by atoms with Crippen molar-refractivity contribution in [3.05, 3.63) is 70.8 Å². The molecule has 0 aliphatic rings. The number of hydrogen-bond acceptors (Lipinski definition) is 2. The van der Waals surface area contributed by atoms with Crippen molar-refractivity contribution in [3.63, 3.8) is 0 Å². The summed E-state index contributed by atoms with van der Waals surface area (Å²) < 4.78 is 0. The van der Waals surface area contributed by atoms with Crippen LogP contribution in [-0.4, -0.2) is 48.4 Å². The summed E-state index contributed by atoms with van der Waals surface area (Å²) in [6.07, 6.45) is 1.60. The van der Waals surface area contributed by atoms with Crippen LogP contribution in [0.15, 0.2) is 48.5 Å². The van der Waals surface area contributed by atoms with E-state index < -0.39 is 11.9 Å². The number of benzene rings is 2. The van der Waals surface area contributed by atoms with Crippen molar-refractivity contribution < 1.29 is 19.8 Å². The van der Waals surface area contributed by atoms with Crippen LogP contribution in [0.1, 0.15) is 31.8 Å². The third-order valence-electron chi connectivity index (χ3n) is 3.49. The van der Waals surface area contributed by atoms with Gasteiger partial charge in [-0.1, -0.05) is 0 Å². The SMILES string of the molecule is O=C(O)c1ccccc1CC[Se][Se]CCc1ccccc1C(=O)O. The van der Waals surface area contributed by atoms with E-state index in [4.69, 9.17) is 10.2 Å². The Balaban J connectivity index is 1.75. The maximum atomic E-state index is 11.2. The fourth-order valence-corrected chi connectivity index (χ4v) is 8.47. The number of rotatable bonds is 9. The first kappa shape index (κ1) is 18.8. The Labute approximate surface area is 152 Å². The quantitative estimate of drug-likeness (QED) is 0.450. The third kappa shape index (κ3) is 5.50. The van der Waals surface area contributed by atoms with Crippen LogP contribution in [0.2, 0.25) is 10.6 Å². The predicted molar refractivity (Wildman–Crippen MR) is 95.3 cm³/mol. The summed E-state index contributed by atoms with van der Waals surface area (Å²) >= 11 is 0.994. The molecule has 0 aromatic heterocycles. The molecule has 6 heteroatoms. The average molecular weight is 456 g/mol. The van der Waals surface area contributed by atoms with Gasteiger partial charge in [0.2, 0.25) is 0 Å². The van der Waals surface area contributed by atoms with Crippen LogP contribution >= 0.6 is 0 Å². The van der Waals surface area contributed by atoms with Gasteiger partial charge in [0.25, 0.3) is 0 Å². The minimum atomic E-state index is -0.867. The summed E-state index contributed by atoms with van der Waals surface area (Å²) in [5, 5.41) is 20.4. The van der Waals surface area contributed by atoms with Gasteiger partial charge >= 0.3 is 152 Å². The minimum absolute atomic E-state index is 0.399. The molecule has 2 aromatic rings. The zero-order valence-corrected chi connectivity index (χ0v) is 16.4. The van der Waals surface area contributed by atoms with Crippen LogP contribution < -0.4 is 0 Å². The second-order valence-corrected chi connectivity index (χ2v) is 12.9. The fourth-order valence-electron chi connectivity index (χ4n) is 2.31. The van der Waals surface area contributed by atoms with Crippen LogP contribution in [0, 0.1) is 0 Å². The van der Waals surface area contributed by atoms with Crippen molar-refractivity contribution in [1.29, 1.82) is 0 Å². The number of aromatic carboxylic acids is 2. The van der Waals surface area contributed by atoms with E-state index >= 15 is 0 Å². The first-order valence-electron chi connectivity index (χ1n) is 7.46. The van der Waals surface area contributed by atoms with E-state index in [1.165, 1.54) is 0 Å². The summed E-state index contributed by atoms with van der Waals surface area (Å²) in [7, 11) is 0. The summed E-state index contributed by atoms with van der Waals surface area (Å²) in [6.45, 7) is 0. The van der Waals surface area contributed by atoms with Crippen LogP contribution in [0.3, 0.4) is 0 Å². The molecule has 0 radical (unpaired) electrons. The molecule has 126 valence electrons. The number of aryl methyl sites for hydroxylation is 2. The molecule has 4 nitrogen and oxygen atoms in total. The van der Waals surface area contributed by atoms with Gasteiger partial charge in [-0.05, 0) is 0 Å². The van der Waals surface area contributed by atoms with Gasteiger partial charge in [0.15, 0.2) is 0 Å². The molecule has 24 heavy (non-hydrogen) atoms. The van der Waals surface area contributed by atoms with Crippen LogP contribution in [0.4, 0.5) is 0 Å². The molecule has 0 aliphatic carbocycles. The number of carboxylic acids is 2. The Bertz CT molecular complexity index is 654. The zero-order valence-electron chi connectivity index (χ0n) is 13.0. The van der Waals surface area contributed by atoms with Gasteiger partial charge in [-0.2, -0.15) is 0 Å². The molecule has 2 rings (SSSR count). The Morgan fingerprint density at radius 1 is 0.708 bits per heavy atom. The number of carbonyl (C=O) groups is 2. The normalized spacial score (nSPS) is 10.5. The maximum absolute atomic E-state index is 11.2. The molecule has 0 spiro atoms. The van der Waals surface area contributed by atoms with Crippen molar-refractivity contribution in [1.82, 2.24) is 0 Å². The molecular formula is C18H18O4Se2. The molecule has 0 fully saturated rings. The van der Waals surface area contributed by atoms with Crippen molar-refractivity contribution in [2.75, 3.05) is 0 Å². The Hall–Kier alpha value is -1.58. The van der Waals surface area contributed by atoms with E-state index in [0.717, 1.165) is 34.6 Å². The number of hydrogen-bond donors (Lipinski definition) is 2. The van der Waals surface area contributed by atoms with Crippen LogP contribution in [0.25, 0.3) is 0 Å². The van der Waals surface area contributed by atoms with E-state index in [0.29, 0.717) is 37.4 Å². The molecule has 0 amide bonds. The molecule has 0 bridgehead atoms. The molecule has 0 saturated carbocycles. The van der Waals surface area contributed by atoms with Gasteiger partial charge in [0.05, 0.1) is 0 Å². The van der Waals surface area contributed by atoms with E-state index in [9.17, 15) is 9.59 Å². The third-order valence-corrected chi connectivity index (χ3v) is 10.8. The van der Waals surface area contributed by atoms with Gasteiger partial charge in [0.1, 0.15) is 0 Å². The van der Waals surface area contributed by atoms with Crippen LogP contribution in [0.5, 0.6) is 0 Å². The Morgan fingerprint density at radius 2 is 1.08 bits per heavy atom. The van der Waals surface area contributed by atoms with Crippen molar-refractivity contribution >= 4 is 38.2 Å². The van der Waals surface area contributed by atoms with E-state index in [1.54, 1.807) is 24.3 Å². The van der Waals surface area contributed by atoms with Gasteiger partial charge in [0, 0.05) is 0 Å². The second-order valence-electron chi connectivity index (χ2n) is 5.07. The molecule has 0 unspecified atom stereocenters. The summed E-state index contributed by atoms with van der Waals surface area (Å²) in [4.78, 5) is 22.3. The molecular weight excluding hydrogens is 438 g/mol. The number of carboxylic acid groups (broad SMARTS) is 2. The van der Waals surface area contributed by atoms with Crippen molar-refractivity contribution in [3.8, 4) is 0 Å². The van der Waals surface area contributed by atoms with Crippen molar-refractivity contribution in [2.24, 2.45) is 0 Å². The Morgan fingerprint density at radius 3 is 1.46 bits per heavy atom. The molecule has 0 heterocycles. The van der Waals surface area contributed by atoms with E-state index in [-0.39, 0.29) is 0 Å². The monoisotopic (exact) mass is 458 g/mol. The molecule has 0 saturated heterocycles. The fraction of sp³-hybridized carbons (Fsp3) is 0.222. The second kappa shape index (κ2) is 9.65. The summed E-state index contributed by atoms with van der Waals surface area (Å²) in [5.41, 5.74) is 2.60. The van der Waals surface area contributed by atoms with Gasteiger partial charge in [-0.3, -0.25) is 0 Å². The van der Waals surface area contributed by atoms with Gasteiger partial charge < -0.3 is 0 Å². The molecule has 2 aromatic carbocycles. The van der Waals surface area contributed by atoms with Gasteiger partial charge in [-0.15, -0.1) is 0 Å². The summed E-state index contributed by atoms with van der Waals surface area (Å²) in [5.74, 6) is -1.73. The first-order chi connectivity index (χ1) is 11.6. The van der Waals surface area contributed by atoms with Crippen molar-refractivity contribution in [2.45, 2.75) is 23.5 Å². The average Bonchev–Trinajstić information content (AvgIpc) is 2.58. The standard InChI is InChI=1S/C18H18O4Se2/c19-17(20)15-7-3-1-5-13(15)9-11-23-24-12-10-14-6-2-4-8-16(14)18(21)22/h1-8H,9-12H2,(H,19,20)(H,21,22). The topological polar surface area (TPSA) is 74.6 Å². The summed E-state index contributed by atoms with van der Waals surface area (Å²) in [6, 6.07) is 14.3. The zero-order chi connectivity index (χ0) is 17.4. The Kier molecular flexibility index (Phi) is 7.54. The van der Waals surface area contributed by atoms with Gasteiger partial charge in [-0.25, -0.2) is 0 Å². The predicted octanol–water partition coefficient (Wildman–Crippen LogP) is 3.03. The van der Waals surface area contributed by atoms with E-state index in [2.05, 4.69) is 0 Å². The van der Waals surface area contributed by atoms with E-state index in [1.807, 2.05) is 24.3 Å².